The maximum atomic E-state index is 12.0. The molecule has 0 amide bonds. The lowest BCUT2D eigenvalue weighted by Crippen LogP contribution is -2.36. The third-order valence-corrected chi connectivity index (χ3v) is 4.03. The monoisotopic (exact) mass is 282 g/mol. The van der Waals surface area contributed by atoms with Gasteiger partial charge in [-0.25, -0.2) is 0 Å². The molecule has 1 aliphatic rings. The lowest BCUT2D eigenvalue weighted by atomic mass is 9.92. The Morgan fingerprint density at radius 1 is 1.31 bits per heavy atom. The zero-order valence-corrected chi connectivity index (χ0v) is 10.7. The van der Waals surface area contributed by atoms with Gasteiger partial charge < -0.3 is 5.11 Å². The Morgan fingerprint density at radius 3 is 2.56 bits per heavy atom. The number of halogens is 1. The number of benzene rings is 1. The molecule has 86 valence electrons. The molecular formula is C13H15BrO2. The second kappa shape index (κ2) is 4.68. The topological polar surface area (TPSA) is 37.3 Å². The van der Waals surface area contributed by atoms with E-state index in [1.165, 1.54) is 0 Å². The number of aliphatic hydroxyl groups is 1. The van der Waals surface area contributed by atoms with Gasteiger partial charge in [-0.2, -0.15) is 0 Å². The molecule has 0 atom stereocenters. The van der Waals surface area contributed by atoms with Crippen LogP contribution in [0.15, 0.2) is 28.7 Å². The molecule has 1 aromatic carbocycles. The van der Waals surface area contributed by atoms with E-state index >= 15 is 0 Å². The van der Waals surface area contributed by atoms with Crippen LogP contribution in [0.2, 0.25) is 0 Å². The summed E-state index contributed by atoms with van der Waals surface area (Å²) in [7, 11) is 0. The predicted molar refractivity (Wildman–Crippen MR) is 66.3 cm³/mol. The summed E-state index contributed by atoms with van der Waals surface area (Å²) in [5.41, 5.74) is -0.109. The number of carbonyl (C=O) groups excluding carboxylic acids is 1. The van der Waals surface area contributed by atoms with Gasteiger partial charge in [0.2, 0.25) is 0 Å². The molecule has 1 aromatic rings. The van der Waals surface area contributed by atoms with Crippen molar-refractivity contribution >= 4 is 21.7 Å². The van der Waals surface area contributed by atoms with Gasteiger partial charge in [0, 0.05) is 10.9 Å². The first-order valence-electron chi connectivity index (χ1n) is 5.61. The standard InChI is InChI=1S/C13H15BrO2/c14-11-6-2-1-5-10(11)9-12(15)13(16)7-3-4-8-13/h1-2,5-6,16H,3-4,7-9H2. The Bertz CT molecular complexity index is 395. The Balaban J connectivity index is 2.10. The van der Waals surface area contributed by atoms with Gasteiger partial charge in [0.15, 0.2) is 5.78 Å². The molecule has 0 bridgehead atoms. The van der Waals surface area contributed by atoms with Gasteiger partial charge in [-0.1, -0.05) is 34.1 Å². The molecule has 0 saturated heterocycles. The lowest BCUT2D eigenvalue weighted by Gasteiger charge is -2.20. The molecule has 1 aliphatic carbocycles. The van der Waals surface area contributed by atoms with Gasteiger partial charge in [-0.05, 0) is 37.3 Å². The van der Waals surface area contributed by atoms with E-state index in [9.17, 15) is 9.90 Å². The SMILES string of the molecule is O=C(Cc1ccccc1Br)C1(O)CCCC1. The summed E-state index contributed by atoms with van der Waals surface area (Å²) in [6.45, 7) is 0. The first-order chi connectivity index (χ1) is 7.62. The van der Waals surface area contributed by atoms with Crippen molar-refractivity contribution in [2.24, 2.45) is 0 Å². The molecule has 1 fully saturated rings. The summed E-state index contributed by atoms with van der Waals surface area (Å²) >= 11 is 3.42. The molecule has 2 nitrogen and oxygen atoms in total. The van der Waals surface area contributed by atoms with E-state index < -0.39 is 5.60 Å². The Hall–Kier alpha value is -0.670. The Labute approximate surface area is 104 Å². The molecule has 0 heterocycles. The van der Waals surface area contributed by atoms with Crippen molar-refractivity contribution in [3.8, 4) is 0 Å². The first kappa shape index (κ1) is 11.8. The van der Waals surface area contributed by atoms with Crippen LogP contribution in [0.3, 0.4) is 0 Å². The maximum Gasteiger partial charge on any atom is 0.168 e. The molecule has 2 rings (SSSR count). The maximum absolute atomic E-state index is 12.0. The molecule has 0 spiro atoms. The van der Waals surface area contributed by atoms with Crippen LogP contribution < -0.4 is 0 Å². The summed E-state index contributed by atoms with van der Waals surface area (Å²) in [4.78, 5) is 12.0. The van der Waals surface area contributed by atoms with Crippen molar-refractivity contribution < 1.29 is 9.90 Å². The number of Topliss-reactive ketones (excluding diaryl/α,β-unsaturated/α-hetero) is 1. The molecule has 0 unspecified atom stereocenters. The highest BCUT2D eigenvalue weighted by atomic mass is 79.9. The number of rotatable bonds is 3. The molecule has 3 heteroatoms. The average molecular weight is 283 g/mol. The van der Waals surface area contributed by atoms with Gasteiger partial charge in [0.05, 0.1) is 0 Å². The van der Waals surface area contributed by atoms with Gasteiger partial charge in [-0.3, -0.25) is 4.79 Å². The molecule has 16 heavy (non-hydrogen) atoms. The van der Waals surface area contributed by atoms with Crippen LogP contribution >= 0.6 is 15.9 Å². The van der Waals surface area contributed by atoms with Crippen LogP contribution in [0.25, 0.3) is 0 Å². The smallest absolute Gasteiger partial charge is 0.168 e. The summed E-state index contributed by atoms with van der Waals surface area (Å²) in [6, 6.07) is 7.66. The fraction of sp³-hybridized carbons (Fsp3) is 0.462. The summed E-state index contributed by atoms with van der Waals surface area (Å²) in [5.74, 6) is -0.0445. The summed E-state index contributed by atoms with van der Waals surface area (Å²) < 4.78 is 0.935. The first-order valence-corrected chi connectivity index (χ1v) is 6.40. The van der Waals surface area contributed by atoms with E-state index in [2.05, 4.69) is 15.9 Å². The van der Waals surface area contributed by atoms with Crippen molar-refractivity contribution in [1.82, 2.24) is 0 Å². The van der Waals surface area contributed by atoms with E-state index in [-0.39, 0.29) is 5.78 Å². The highest BCUT2D eigenvalue weighted by molar-refractivity contribution is 9.10. The predicted octanol–water partition coefficient (Wildman–Crippen LogP) is 2.87. The van der Waals surface area contributed by atoms with Crippen LogP contribution in [0, 0.1) is 0 Å². The number of hydrogen-bond donors (Lipinski definition) is 1. The second-order valence-electron chi connectivity index (χ2n) is 4.43. The lowest BCUT2D eigenvalue weighted by molar-refractivity contribution is -0.136. The van der Waals surface area contributed by atoms with E-state index in [1.54, 1.807) is 0 Å². The van der Waals surface area contributed by atoms with Gasteiger partial charge in [0.1, 0.15) is 5.60 Å². The highest BCUT2D eigenvalue weighted by Gasteiger charge is 2.38. The van der Waals surface area contributed by atoms with E-state index in [1.807, 2.05) is 24.3 Å². The zero-order valence-electron chi connectivity index (χ0n) is 9.08. The quantitative estimate of drug-likeness (QED) is 0.926. The van der Waals surface area contributed by atoms with E-state index in [4.69, 9.17) is 0 Å². The van der Waals surface area contributed by atoms with Gasteiger partial charge in [-0.15, -0.1) is 0 Å². The Morgan fingerprint density at radius 2 is 1.94 bits per heavy atom. The van der Waals surface area contributed by atoms with Crippen molar-refractivity contribution in [2.45, 2.75) is 37.7 Å². The van der Waals surface area contributed by atoms with Crippen molar-refractivity contribution in [3.05, 3.63) is 34.3 Å². The summed E-state index contributed by atoms with van der Waals surface area (Å²) in [6.07, 6.45) is 3.47. The second-order valence-corrected chi connectivity index (χ2v) is 5.28. The molecule has 1 saturated carbocycles. The average Bonchev–Trinajstić information content (AvgIpc) is 2.70. The van der Waals surface area contributed by atoms with Gasteiger partial charge in [0.25, 0.3) is 0 Å². The normalized spacial score (nSPS) is 18.6. The third-order valence-electron chi connectivity index (χ3n) is 3.26. The fourth-order valence-electron chi connectivity index (χ4n) is 2.22. The molecular weight excluding hydrogens is 268 g/mol. The molecule has 0 aromatic heterocycles. The van der Waals surface area contributed by atoms with Crippen molar-refractivity contribution in [1.29, 1.82) is 0 Å². The van der Waals surface area contributed by atoms with Crippen LogP contribution in [0.5, 0.6) is 0 Å². The zero-order chi connectivity index (χ0) is 11.6. The van der Waals surface area contributed by atoms with E-state index in [0.717, 1.165) is 22.9 Å². The van der Waals surface area contributed by atoms with Gasteiger partial charge >= 0.3 is 0 Å². The van der Waals surface area contributed by atoms with Crippen LogP contribution in [-0.2, 0) is 11.2 Å². The minimum Gasteiger partial charge on any atom is -0.382 e. The summed E-state index contributed by atoms with van der Waals surface area (Å²) in [5, 5.41) is 10.1. The number of ketones is 1. The van der Waals surface area contributed by atoms with Crippen LogP contribution in [0.1, 0.15) is 31.2 Å². The van der Waals surface area contributed by atoms with Crippen LogP contribution in [-0.4, -0.2) is 16.5 Å². The van der Waals surface area contributed by atoms with Crippen LogP contribution in [0.4, 0.5) is 0 Å². The largest absolute Gasteiger partial charge is 0.382 e. The number of hydrogen-bond acceptors (Lipinski definition) is 2. The Kier molecular flexibility index (Phi) is 3.45. The molecule has 1 N–H and O–H groups in total. The number of carbonyl (C=O) groups is 1. The third kappa shape index (κ3) is 2.36. The van der Waals surface area contributed by atoms with Crippen molar-refractivity contribution in [3.63, 3.8) is 0 Å². The molecule has 0 radical (unpaired) electrons. The minimum atomic E-state index is -1.06. The highest BCUT2D eigenvalue weighted by Crippen LogP contribution is 2.31. The fourth-order valence-corrected chi connectivity index (χ4v) is 2.64. The van der Waals surface area contributed by atoms with E-state index in [0.29, 0.717) is 19.3 Å². The molecule has 0 aliphatic heterocycles. The minimum absolute atomic E-state index is 0.0445. The van der Waals surface area contributed by atoms with Crippen molar-refractivity contribution in [2.75, 3.05) is 0 Å².